The second kappa shape index (κ2) is 5.28. The maximum atomic E-state index is 10.7. The van der Waals surface area contributed by atoms with Crippen molar-refractivity contribution in [3.8, 4) is 5.75 Å². The van der Waals surface area contributed by atoms with Crippen molar-refractivity contribution in [3.63, 3.8) is 0 Å². The number of methoxy groups -OCH3 is 1. The van der Waals surface area contributed by atoms with E-state index >= 15 is 0 Å². The molecule has 0 heterocycles. The van der Waals surface area contributed by atoms with E-state index in [1.807, 2.05) is 48.5 Å². The summed E-state index contributed by atoms with van der Waals surface area (Å²) in [5.74, 6) is 0.789. The van der Waals surface area contributed by atoms with Gasteiger partial charge in [-0.2, -0.15) is 0 Å². The first-order valence-corrected chi connectivity index (χ1v) is 6.75. The van der Waals surface area contributed by atoms with Gasteiger partial charge in [-0.1, -0.05) is 24.3 Å². The highest BCUT2D eigenvalue weighted by atomic mass is 127. The van der Waals surface area contributed by atoms with E-state index in [0.717, 1.165) is 20.4 Å². The van der Waals surface area contributed by atoms with Crippen LogP contribution in [0, 0.1) is 3.57 Å². The van der Waals surface area contributed by atoms with Crippen LogP contribution in [0.2, 0.25) is 0 Å². The molecule has 1 atom stereocenters. The van der Waals surface area contributed by atoms with Crippen molar-refractivity contribution in [3.05, 3.63) is 63.2 Å². The second-order valence-corrected chi connectivity index (χ2v) is 5.55. The highest BCUT2D eigenvalue weighted by Crippen LogP contribution is 2.30. The smallest absolute Gasteiger partial charge is 0.118 e. The maximum absolute atomic E-state index is 10.7. The average Bonchev–Trinajstić information content (AvgIpc) is 2.39. The number of ether oxygens (including phenoxy) is 1. The van der Waals surface area contributed by atoms with Gasteiger partial charge in [-0.15, -0.1) is 0 Å². The second-order valence-electron chi connectivity index (χ2n) is 4.31. The van der Waals surface area contributed by atoms with Crippen LogP contribution in [-0.2, 0) is 5.60 Å². The van der Waals surface area contributed by atoms with Crippen molar-refractivity contribution in [2.45, 2.75) is 12.5 Å². The fourth-order valence-corrected chi connectivity index (χ4v) is 2.22. The van der Waals surface area contributed by atoms with Crippen LogP contribution < -0.4 is 4.74 Å². The lowest BCUT2D eigenvalue weighted by Gasteiger charge is -2.24. The molecule has 18 heavy (non-hydrogen) atoms. The first-order valence-electron chi connectivity index (χ1n) is 5.67. The van der Waals surface area contributed by atoms with Gasteiger partial charge in [0.05, 0.1) is 7.11 Å². The summed E-state index contributed by atoms with van der Waals surface area (Å²) in [6, 6.07) is 15.4. The number of halogens is 1. The molecule has 0 aliphatic heterocycles. The molecule has 0 aliphatic carbocycles. The van der Waals surface area contributed by atoms with Gasteiger partial charge in [0, 0.05) is 3.57 Å². The molecule has 2 aromatic carbocycles. The molecule has 94 valence electrons. The zero-order valence-corrected chi connectivity index (χ0v) is 12.5. The molecule has 0 aromatic heterocycles. The molecule has 3 heteroatoms. The van der Waals surface area contributed by atoms with Crippen LogP contribution in [0.5, 0.6) is 5.75 Å². The third-order valence-electron chi connectivity index (χ3n) is 3.06. The predicted molar refractivity (Wildman–Crippen MR) is 80.8 cm³/mol. The third-order valence-corrected chi connectivity index (χ3v) is 3.78. The van der Waals surface area contributed by atoms with Crippen molar-refractivity contribution < 1.29 is 9.84 Å². The molecule has 0 spiro atoms. The summed E-state index contributed by atoms with van der Waals surface area (Å²) in [6.07, 6.45) is 0. The SMILES string of the molecule is COc1ccc([C@@](C)(O)c2ccc(I)cc2)cc1. The van der Waals surface area contributed by atoms with E-state index in [1.54, 1.807) is 14.0 Å². The van der Waals surface area contributed by atoms with Gasteiger partial charge in [0.25, 0.3) is 0 Å². The highest BCUT2D eigenvalue weighted by Gasteiger charge is 2.25. The zero-order valence-electron chi connectivity index (χ0n) is 10.4. The van der Waals surface area contributed by atoms with E-state index in [1.165, 1.54) is 0 Å². The zero-order chi connectivity index (χ0) is 13.2. The van der Waals surface area contributed by atoms with Gasteiger partial charge in [0.1, 0.15) is 11.4 Å². The first kappa shape index (κ1) is 13.4. The Kier molecular flexibility index (Phi) is 3.92. The van der Waals surface area contributed by atoms with Crippen LogP contribution in [0.15, 0.2) is 48.5 Å². The summed E-state index contributed by atoms with van der Waals surface area (Å²) in [5, 5.41) is 10.7. The maximum Gasteiger partial charge on any atom is 0.118 e. The Bertz CT molecular complexity index is 515. The van der Waals surface area contributed by atoms with Gasteiger partial charge >= 0.3 is 0 Å². The minimum absolute atomic E-state index is 0.789. The molecular weight excluding hydrogens is 339 g/mol. The van der Waals surface area contributed by atoms with Crippen LogP contribution in [0.4, 0.5) is 0 Å². The van der Waals surface area contributed by atoms with Crippen LogP contribution in [0.25, 0.3) is 0 Å². The molecule has 0 unspecified atom stereocenters. The molecule has 2 aromatic rings. The molecule has 0 saturated heterocycles. The van der Waals surface area contributed by atoms with Crippen molar-refractivity contribution >= 4 is 22.6 Å². The number of hydrogen-bond acceptors (Lipinski definition) is 2. The molecular formula is C15H15IO2. The van der Waals surface area contributed by atoms with Crippen molar-refractivity contribution in [2.24, 2.45) is 0 Å². The molecule has 0 radical (unpaired) electrons. The lowest BCUT2D eigenvalue weighted by atomic mass is 9.88. The molecule has 1 N–H and O–H groups in total. The Morgan fingerprint density at radius 3 is 1.83 bits per heavy atom. The lowest BCUT2D eigenvalue weighted by Crippen LogP contribution is -2.22. The summed E-state index contributed by atoms with van der Waals surface area (Å²) in [5.41, 5.74) is 0.744. The van der Waals surface area contributed by atoms with Gasteiger partial charge in [0.2, 0.25) is 0 Å². The number of rotatable bonds is 3. The monoisotopic (exact) mass is 354 g/mol. The lowest BCUT2D eigenvalue weighted by molar-refractivity contribution is 0.102. The van der Waals surface area contributed by atoms with Gasteiger partial charge in [0.15, 0.2) is 0 Å². The summed E-state index contributed by atoms with van der Waals surface area (Å²) in [7, 11) is 1.63. The van der Waals surface area contributed by atoms with E-state index < -0.39 is 5.60 Å². The van der Waals surface area contributed by atoms with Gasteiger partial charge in [-0.3, -0.25) is 0 Å². The average molecular weight is 354 g/mol. The topological polar surface area (TPSA) is 29.5 Å². The summed E-state index contributed by atoms with van der Waals surface area (Å²) in [6.45, 7) is 1.80. The Hall–Kier alpha value is -1.07. The fourth-order valence-electron chi connectivity index (χ4n) is 1.86. The normalized spacial score (nSPS) is 14.0. The van der Waals surface area contributed by atoms with Crippen molar-refractivity contribution in [1.29, 1.82) is 0 Å². The van der Waals surface area contributed by atoms with Crippen LogP contribution in [-0.4, -0.2) is 12.2 Å². The van der Waals surface area contributed by atoms with Gasteiger partial charge in [-0.05, 0) is 64.9 Å². The summed E-state index contributed by atoms with van der Waals surface area (Å²) in [4.78, 5) is 0. The first-order chi connectivity index (χ1) is 8.54. The number of aliphatic hydroxyl groups is 1. The van der Waals surface area contributed by atoms with Crippen LogP contribution in [0.1, 0.15) is 18.1 Å². The van der Waals surface area contributed by atoms with Crippen LogP contribution in [0.3, 0.4) is 0 Å². The van der Waals surface area contributed by atoms with Crippen molar-refractivity contribution in [1.82, 2.24) is 0 Å². The van der Waals surface area contributed by atoms with Crippen LogP contribution >= 0.6 is 22.6 Å². The Morgan fingerprint density at radius 1 is 0.944 bits per heavy atom. The fraction of sp³-hybridized carbons (Fsp3) is 0.200. The number of hydrogen-bond donors (Lipinski definition) is 1. The molecule has 0 amide bonds. The molecule has 2 nitrogen and oxygen atoms in total. The predicted octanol–water partition coefficient (Wildman–Crippen LogP) is 3.56. The molecule has 0 bridgehead atoms. The molecule has 0 aliphatic rings. The quantitative estimate of drug-likeness (QED) is 0.855. The Balaban J connectivity index is 2.37. The van der Waals surface area contributed by atoms with Gasteiger partial charge < -0.3 is 9.84 Å². The molecule has 2 rings (SSSR count). The van der Waals surface area contributed by atoms with E-state index in [2.05, 4.69) is 22.6 Å². The molecule has 0 fully saturated rings. The van der Waals surface area contributed by atoms with E-state index in [0.29, 0.717) is 0 Å². The van der Waals surface area contributed by atoms with Gasteiger partial charge in [-0.25, -0.2) is 0 Å². The molecule has 0 saturated carbocycles. The minimum Gasteiger partial charge on any atom is -0.497 e. The number of benzene rings is 2. The van der Waals surface area contributed by atoms with E-state index in [9.17, 15) is 5.11 Å². The Morgan fingerprint density at radius 2 is 1.39 bits per heavy atom. The Labute approximate surface area is 121 Å². The third kappa shape index (κ3) is 2.67. The summed E-state index contributed by atoms with van der Waals surface area (Å²) < 4.78 is 6.28. The minimum atomic E-state index is -0.989. The van der Waals surface area contributed by atoms with Crippen molar-refractivity contribution in [2.75, 3.05) is 7.11 Å². The highest BCUT2D eigenvalue weighted by molar-refractivity contribution is 14.1. The van der Waals surface area contributed by atoms with E-state index in [4.69, 9.17) is 4.74 Å². The largest absolute Gasteiger partial charge is 0.497 e. The summed E-state index contributed by atoms with van der Waals surface area (Å²) >= 11 is 2.25. The standard InChI is InChI=1S/C15H15IO2/c1-15(17,11-3-7-13(16)8-4-11)12-5-9-14(18-2)10-6-12/h3-10,17H,1-2H3/t15-/m0/s1. The van der Waals surface area contributed by atoms with E-state index in [-0.39, 0.29) is 0 Å².